The van der Waals surface area contributed by atoms with Crippen molar-refractivity contribution in [2.45, 2.75) is 13.5 Å². The SMILES string of the molecule is CCOc1cc(/C=N\NC(=O)Cn2cnc([N+](=O)[O-])n2)ccc1O. The molecule has 0 saturated heterocycles. The van der Waals surface area contributed by atoms with Gasteiger partial charge in [-0.2, -0.15) is 9.78 Å². The van der Waals surface area contributed by atoms with E-state index in [-0.39, 0.29) is 12.3 Å². The molecule has 0 bridgehead atoms. The van der Waals surface area contributed by atoms with Gasteiger partial charge >= 0.3 is 5.95 Å². The van der Waals surface area contributed by atoms with Crippen molar-refractivity contribution in [3.8, 4) is 11.5 Å². The summed E-state index contributed by atoms with van der Waals surface area (Å²) in [6, 6.07) is 4.60. The number of amides is 1. The van der Waals surface area contributed by atoms with Crippen LogP contribution in [0.5, 0.6) is 11.5 Å². The number of phenolic OH excluding ortho intramolecular Hbond substituents is 1. The molecule has 0 fully saturated rings. The summed E-state index contributed by atoms with van der Waals surface area (Å²) >= 11 is 0. The molecule has 1 amide bonds. The zero-order valence-corrected chi connectivity index (χ0v) is 12.6. The van der Waals surface area contributed by atoms with Gasteiger partial charge in [0, 0.05) is 5.10 Å². The van der Waals surface area contributed by atoms with E-state index in [4.69, 9.17) is 4.74 Å². The van der Waals surface area contributed by atoms with E-state index in [1.165, 1.54) is 12.3 Å². The largest absolute Gasteiger partial charge is 0.504 e. The average Bonchev–Trinajstić information content (AvgIpc) is 2.99. The molecule has 2 rings (SSSR count). The monoisotopic (exact) mass is 334 g/mol. The first-order valence-corrected chi connectivity index (χ1v) is 6.81. The molecule has 126 valence electrons. The van der Waals surface area contributed by atoms with Crippen LogP contribution in [0.15, 0.2) is 29.6 Å². The molecule has 0 radical (unpaired) electrons. The van der Waals surface area contributed by atoms with Gasteiger partial charge in [0.2, 0.25) is 6.33 Å². The number of aromatic nitrogens is 3. The van der Waals surface area contributed by atoms with Crippen LogP contribution in [0.2, 0.25) is 0 Å². The van der Waals surface area contributed by atoms with Crippen LogP contribution in [-0.4, -0.2) is 43.5 Å². The fourth-order valence-electron chi connectivity index (χ4n) is 1.69. The molecule has 0 aliphatic rings. The predicted molar refractivity (Wildman–Crippen MR) is 81.7 cm³/mol. The highest BCUT2D eigenvalue weighted by Crippen LogP contribution is 2.26. The molecule has 0 aliphatic carbocycles. The first-order chi connectivity index (χ1) is 11.5. The smallest absolute Gasteiger partial charge is 0.490 e. The number of hydrazone groups is 1. The summed E-state index contributed by atoms with van der Waals surface area (Å²) in [7, 11) is 0. The molecule has 1 aromatic carbocycles. The predicted octanol–water partition coefficient (Wildman–Crippen LogP) is 0.441. The van der Waals surface area contributed by atoms with E-state index in [1.807, 2.05) is 0 Å². The Morgan fingerprint density at radius 1 is 1.58 bits per heavy atom. The van der Waals surface area contributed by atoms with Crippen LogP contribution >= 0.6 is 0 Å². The lowest BCUT2D eigenvalue weighted by molar-refractivity contribution is -0.394. The zero-order valence-electron chi connectivity index (χ0n) is 12.6. The topological polar surface area (TPSA) is 145 Å². The number of nitrogens with one attached hydrogen (secondary N) is 1. The van der Waals surface area contributed by atoms with Crippen molar-refractivity contribution >= 4 is 18.1 Å². The standard InChI is InChI=1S/C13H14N6O5/c1-2-24-11-5-9(3-4-10(11)20)6-15-16-12(21)7-18-8-14-13(17-18)19(22)23/h3-6,8,20H,2,7H2,1H3,(H,16,21)/b15-6-. The van der Waals surface area contributed by atoms with Gasteiger partial charge in [0.25, 0.3) is 5.91 Å². The van der Waals surface area contributed by atoms with E-state index in [0.717, 1.165) is 11.0 Å². The Hall–Kier alpha value is -3.50. The molecule has 0 saturated carbocycles. The minimum Gasteiger partial charge on any atom is -0.504 e. The summed E-state index contributed by atoms with van der Waals surface area (Å²) in [6.45, 7) is 1.92. The van der Waals surface area contributed by atoms with Crippen LogP contribution in [0.25, 0.3) is 0 Å². The van der Waals surface area contributed by atoms with Crippen molar-refractivity contribution < 1.29 is 19.6 Å². The number of benzene rings is 1. The molecule has 24 heavy (non-hydrogen) atoms. The summed E-state index contributed by atoms with van der Waals surface area (Å²) in [5.74, 6) is -0.804. The third-order valence-corrected chi connectivity index (χ3v) is 2.68. The van der Waals surface area contributed by atoms with Crippen molar-refractivity contribution in [3.05, 3.63) is 40.2 Å². The molecule has 1 aromatic heterocycles. The lowest BCUT2D eigenvalue weighted by atomic mass is 10.2. The Morgan fingerprint density at radius 3 is 3.04 bits per heavy atom. The zero-order chi connectivity index (χ0) is 17.5. The van der Waals surface area contributed by atoms with Crippen LogP contribution in [0, 0.1) is 10.1 Å². The summed E-state index contributed by atoms with van der Waals surface area (Å²) in [5.41, 5.74) is 2.86. The van der Waals surface area contributed by atoms with Gasteiger partial charge in [-0.25, -0.2) is 5.43 Å². The Morgan fingerprint density at radius 2 is 2.38 bits per heavy atom. The Kier molecular flexibility index (Phi) is 5.39. The van der Waals surface area contributed by atoms with E-state index in [9.17, 15) is 20.0 Å². The average molecular weight is 334 g/mol. The molecular weight excluding hydrogens is 320 g/mol. The molecule has 0 unspecified atom stereocenters. The maximum atomic E-state index is 11.7. The number of phenols is 1. The molecular formula is C13H14N6O5. The van der Waals surface area contributed by atoms with Gasteiger partial charge in [0.1, 0.15) is 6.54 Å². The van der Waals surface area contributed by atoms with Gasteiger partial charge in [-0.1, -0.05) is 4.98 Å². The van der Waals surface area contributed by atoms with Crippen LogP contribution in [0.3, 0.4) is 0 Å². The third-order valence-electron chi connectivity index (χ3n) is 2.68. The number of hydrogen-bond donors (Lipinski definition) is 2. The molecule has 2 N–H and O–H groups in total. The summed E-state index contributed by atoms with van der Waals surface area (Å²) < 4.78 is 6.26. The first-order valence-electron chi connectivity index (χ1n) is 6.81. The van der Waals surface area contributed by atoms with Crippen molar-refractivity contribution in [2.75, 3.05) is 6.61 Å². The highest BCUT2D eigenvalue weighted by molar-refractivity contribution is 5.83. The van der Waals surface area contributed by atoms with Gasteiger partial charge in [-0.05, 0) is 35.6 Å². The van der Waals surface area contributed by atoms with Gasteiger partial charge in [0.15, 0.2) is 11.5 Å². The quantitative estimate of drug-likeness (QED) is 0.424. The van der Waals surface area contributed by atoms with Gasteiger partial charge < -0.3 is 20.0 Å². The van der Waals surface area contributed by atoms with E-state index in [1.54, 1.807) is 19.1 Å². The summed E-state index contributed by atoms with van der Waals surface area (Å²) in [5, 5.41) is 27.3. The second-order valence-corrected chi connectivity index (χ2v) is 4.45. The van der Waals surface area contributed by atoms with Crippen molar-refractivity contribution in [3.63, 3.8) is 0 Å². The van der Waals surface area contributed by atoms with Crippen molar-refractivity contribution in [1.29, 1.82) is 0 Å². The van der Waals surface area contributed by atoms with Crippen LogP contribution in [0.1, 0.15) is 12.5 Å². The molecule has 0 spiro atoms. The van der Waals surface area contributed by atoms with Gasteiger partial charge in [-0.15, -0.1) is 0 Å². The minimum absolute atomic E-state index is 0.00538. The van der Waals surface area contributed by atoms with Crippen molar-refractivity contribution in [2.24, 2.45) is 5.10 Å². The highest BCUT2D eigenvalue weighted by atomic mass is 16.6. The lowest BCUT2D eigenvalue weighted by Crippen LogP contribution is -2.23. The maximum absolute atomic E-state index is 11.7. The van der Waals surface area contributed by atoms with Gasteiger partial charge in [-0.3, -0.25) is 4.79 Å². The molecule has 11 heteroatoms. The number of nitro groups is 1. The number of ether oxygens (including phenoxy) is 1. The molecule has 0 atom stereocenters. The van der Waals surface area contributed by atoms with Crippen LogP contribution in [-0.2, 0) is 11.3 Å². The number of nitrogens with zero attached hydrogens (tertiary/aromatic N) is 5. The summed E-state index contributed by atoms with van der Waals surface area (Å²) in [6.07, 6.45) is 2.44. The number of carbonyl (C=O) groups excluding carboxylic acids is 1. The van der Waals surface area contributed by atoms with Crippen LogP contribution in [0.4, 0.5) is 5.95 Å². The van der Waals surface area contributed by atoms with Crippen molar-refractivity contribution in [1.82, 2.24) is 20.2 Å². The maximum Gasteiger partial charge on any atom is 0.490 e. The normalized spacial score (nSPS) is 10.7. The highest BCUT2D eigenvalue weighted by Gasteiger charge is 2.14. The van der Waals surface area contributed by atoms with E-state index in [0.29, 0.717) is 17.9 Å². The first kappa shape index (κ1) is 16.9. The molecule has 1 heterocycles. The van der Waals surface area contributed by atoms with E-state index >= 15 is 0 Å². The minimum atomic E-state index is -0.757. The second-order valence-electron chi connectivity index (χ2n) is 4.45. The Labute approximate surface area is 135 Å². The second kappa shape index (κ2) is 7.67. The van der Waals surface area contributed by atoms with E-state index in [2.05, 4.69) is 20.6 Å². The fraction of sp³-hybridized carbons (Fsp3) is 0.231. The fourth-order valence-corrected chi connectivity index (χ4v) is 1.69. The Balaban J connectivity index is 1.92. The van der Waals surface area contributed by atoms with Crippen LogP contribution < -0.4 is 10.2 Å². The third kappa shape index (κ3) is 4.50. The number of rotatable bonds is 7. The number of hydrogen-bond acceptors (Lipinski definition) is 8. The molecule has 0 aliphatic heterocycles. The van der Waals surface area contributed by atoms with E-state index < -0.39 is 16.8 Å². The number of carbonyl (C=O) groups is 1. The molecule has 2 aromatic rings. The lowest BCUT2D eigenvalue weighted by Gasteiger charge is -2.05. The number of aromatic hydroxyl groups is 1. The van der Waals surface area contributed by atoms with Gasteiger partial charge in [0.05, 0.1) is 12.8 Å². The molecule has 11 nitrogen and oxygen atoms in total. The Bertz CT molecular complexity index is 772. The summed E-state index contributed by atoms with van der Waals surface area (Å²) in [4.78, 5) is 24.8.